The Hall–Kier alpha value is 0.610. The van der Waals surface area contributed by atoms with E-state index in [9.17, 15) is 9.13 Å². The minimum absolute atomic E-state index is 0.295. The van der Waals surface area contributed by atoms with Gasteiger partial charge in [-0.2, -0.15) is 0 Å². The van der Waals surface area contributed by atoms with Crippen LogP contribution in [0.25, 0.3) is 0 Å². The second kappa shape index (κ2) is 7.84. The quantitative estimate of drug-likeness (QED) is 0.367. The molecule has 0 spiro atoms. The minimum atomic E-state index is -3.32. The molecular weight excluding hydrogens is 270 g/mol. The maximum atomic E-state index is 10.9. The highest BCUT2D eigenvalue weighted by Gasteiger charge is 2.08. The van der Waals surface area contributed by atoms with Crippen molar-refractivity contribution in [1.29, 1.82) is 0 Å². The summed E-state index contributed by atoms with van der Waals surface area (Å²) in [7, 11) is -3.32. The molecule has 0 aliphatic heterocycles. The zero-order chi connectivity index (χ0) is 12.7. The molecule has 0 fully saturated rings. The third-order valence-corrected chi connectivity index (χ3v) is 4.84. The van der Waals surface area contributed by atoms with Crippen LogP contribution in [0.3, 0.4) is 0 Å². The number of hydrogen-bond acceptors (Lipinski definition) is 4. The molecule has 16 heavy (non-hydrogen) atoms. The fourth-order valence-electron chi connectivity index (χ4n) is 0.972. The molecule has 8 N–H and O–H groups in total. The fraction of sp³-hybridized carbons (Fsp3) is 1.00. The smallest absolute Gasteiger partial charge is 0.306 e. The SMILES string of the molecule is NP(N)(=O)OCCCCCCSP(N)(N)=O. The maximum Gasteiger partial charge on any atom is 0.335 e. The van der Waals surface area contributed by atoms with E-state index in [1.54, 1.807) is 0 Å². The van der Waals surface area contributed by atoms with Crippen molar-refractivity contribution < 1.29 is 13.7 Å². The number of unbranched alkanes of at least 4 members (excludes halogenated alkanes) is 3. The summed E-state index contributed by atoms with van der Waals surface area (Å²) in [6.07, 6.45) is 3.47. The third kappa shape index (κ3) is 14.6. The Morgan fingerprint density at radius 2 is 1.50 bits per heavy atom. The summed E-state index contributed by atoms with van der Waals surface area (Å²) in [5, 5.41) is 0. The first kappa shape index (κ1) is 16.6. The predicted molar refractivity (Wildman–Crippen MR) is 68.8 cm³/mol. The van der Waals surface area contributed by atoms with Crippen molar-refractivity contribution in [2.24, 2.45) is 22.0 Å². The molecule has 0 bridgehead atoms. The van der Waals surface area contributed by atoms with Crippen molar-refractivity contribution in [1.82, 2.24) is 0 Å². The van der Waals surface area contributed by atoms with Gasteiger partial charge >= 0.3 is 7.67 Å². The monoisotopic (exact) mass is 290 g/mol. The van der Waals surface area contributed by atoms with Crippen LogP contribution in [-0.2, 0) is 13.7 Å². The summed E-state index contributed by atoms with van der Waals surface area (Å²) in [6.45, 7) is -2.63. The van der Waals surface area contributed by atoms with Gasteiger partial charge in [0.25, 0.3) is 6.65 Å². The van der Waals surface area contributed by atoms with Crippen molar-refractivity contribution in [3.05, 3.63) is 0 Å². The molecule has 0 aliphatic rings. The van der Waals surface area contributed by atoms with E-state index >= 15 is 0 Å². The molecule has 7 nitrogen and oxygen atoms in total. The van der Waals surface area contributed by atoms with Crippen molar-refractivity contribution in [3.8, 4) is 0 Å². The normalized spacial score (nSPS) is 13.0. The number of rotatable bonds is 9. The Kier molecular flexibility index (Phi) is 8.14. The topological polar surface area (TPSA) is 147 Å². The van der Waals surface area contributed by atoms with Gasteiger partial charge in [0.1, 0.15) is 0 Å². The first-order chi connectivity index (χ1) is 7.21. The summed E-state index contributed by atoms with van der Waals surface area (Å²) in [4.78, 5) is 0. The lowest BCUT2D eigenvalue weighted by atomic mass is 10.2. The average Bonchev–Trinajstić information content (AvgIpc) is 2.06. The van der Waals surface area contributed by atoms with Crippen molar-refractivity contribution in [2.75, 3.05) is 12.4 Å². The highest BCUT2D eigenvalue weighted by atomic mass is 32.7. The Bertz CT molecular complexity index is 251. The van der Waals surface area contributed by atoms with Crippen LogP contribution in [0.5, 0.6) is 0 Å². The highest BCUT2D eigenvalue weighted by Crippen LogP contribution is 2.42. The van der Waals surface area contributed by atoms with Crippen LogP contribution in [0, 0.1) is 0 Å². The minimum Gasteiger partial charge on any atom is -0.306 e. The molecule has 10 heteroatoms. The van der Waals surface area contributed by atoms with Gasteiger partial charge in [-0.3, -0.25) is 20.1 Å². The molecule has 0 aromatic heterocycles. The molecular formula is C6H20N4O3P2S. The Labute approximate surface area is 99.8 Å². The van der Waals surface area contributed by atoms with Crippen molar-refractivity contribution in [3.63, 3.8) is 0 Å². The summed E-state index contributed by atoms with van der Waals surface area (Å²) in [6, 6.07) is 0. The van der Waals surface area contributed by atoms with E-state index in [1.165, 1.54) is 0 Å². The lowest BCUT2D eigenvalue weighted by Crippen LogP contribution is -2.08. The van der Waals surface area contributed by atoms with Crippen LogP contribution >= 0.6 is 25.7 Å². The summed E-state index contributed by atoms with van der Waals surface area (Å²) in [5.41, 5.74) is 20.3. The van der Waals surface area contributed by atoms with Gasteiger partial charge in [0.15, 0.2) is 0 Å². The molecule has 0 atom stereocenters. The molecule has 0 rings (SSSR count). The average molecular weight is 290 g/mol. The van der Waals surface area contributed by atoms with Crippen LogP contribution in [0.4, 0.5) is 0 Å². The molecule has 0 unspecified atom stereocenters. The molecule has 0 heterocycles. The molecule has 98 valence electrons. The van der Waals surface area contributed by atoms with Crippen molar-refractivity contribution >= 4 is 25.7 Å². The highest BCUT2D eigenvalue weighted by molar-refractivity contribution is 8.56. The van der Waals surface area contributed by atoms with Gasteiger partial charge in [-0.25, -0.2) is 11.0 Å². The largest absolute Gasteiger partial charge is 0.335 e. The molecule has 0 saturated carbocycles. The summed E-state index contributed by atoms with van der Waals surface area (Å²) in [5.74, 6) is 0.678. The molecule has 0 aliphatic carbocycles. The lowest BCUT2D eigenvalue weighted by molar-refractivity contribution is 0.303. The Morgan fingerprint density at radius 1 is 0.938 bits per heavy atom. The zero-order valence-corrected chi connectivity index (χ0v) is 11.7. The molecule has 0 aromatic carbocycles. The van der Waals surface area contributed by atoms with Crippen LogP contribution in [0.15, 0.2) is 0 Å². The predicted octanol–water partition coefficient (Wildman–Crippen LogP) is 1.35. The standard InChI is InChI=1S/C6H20N4O3P2S/c7-14(8,11)13-5-3-1-2-4-6-16-15(9,10)12/h1-6H2,(H4,7,8,11)(H4,9,10,12). The van der Waals surface area contributed by atoms with E-state index in [1.807, 2.05) is 0 Å². The van der Waals surface area contributed by atoms with E-state index in [0.717, 1.165) is 37.1 Å². The molecule has 0 amide bonds. The van der Waals surface area contributed by atoms with Gasteiger partial charge in [-0.05, 0) is 12.8 Å². The van der Waals surface area contributed by atoms with Crippen LogP contribution in [0.1, 0.15) is 25.7 Å². The van der Waals surface area contributed by atoms with E-state index in [4.69, 9.17) is 26.5 Å². The first-order valence-electron chi connectivity index (χ1n) is 4.84. The van der Waals surface area contributed by atoms with Crippen LogP contribution < -0.4 is 22.0 Å². The van der Waals surface area contributed by atoms with E-state index in [2.05, 4.69) is 0 Å². The van der Waals surface area contributed by atoms with Gasteiger partial charge in [0.05, 0.1) is 6.61 Å². The second-order valence-electron chi connectivity index (χ2n) is 3.37. The van der Waals surface area contributed by atoms with Gasteiger partial charge in [0.2, 0.25) is 0 Å². The van der Waals surface area contributed by atoms with Crippen LogP contribution in [0.2, 0.25) is 0 Å². The first-order valence-corrected chi connectivity index (χ1v) is 10.0. The van der Waals surface area contributed by atoms with E-state index in [-0.39, 0.29) is 0 Å². The summed E-state index contributed by atoms with van der Waals surface area (Å²) >= 11 is 1.10. The fourth-order valence-corrected chi connectivity index (χ4v) is 3.25. The maximum absolute atomic E-state index is 10.9. The molecule has 0 aromatic rings. The molecule has 0 saturated heterocycles. The van der Waals surface area contributed by atoms with Gasteiger partial charge in [0, 0.05) is 5.75 Å². The van der Waals surface area contributed by atoms with E-state index in [0.29, 0.717) is 12.4 Å². The van der Waals surface area contributed by atoms with Crippen molar-refractivity contribution in [2.45, 2.75) is 25.7 Å². The third-order valence-electron chi connectivity index (χ3n) is 1.62. The van der Waals surface area contributed by atoms with Crippen LogP contribution in [-0.4, -0.2) is 12.4 Å². The number of nitrogens with two attached hydrogens (primary N) is 4. The van der Waals surface area contributed by atoms with Gasteiger partial charge in [-0.15, -0.1) is 0 Å². The number of hydrogen-bond donors (Lipinski definition) is 4. The Balaban J connectivity index is 3.23. The zero-order valence-electron chi connectivity index (χ0n) is 9.08. The van der Waals surface area contributed by atoms with Gasteiger partial charge in [-0.1, -0.05) is 24.2 Å². The van der Waals surface area contributed by atoms with Gasteiger partial charge < -0.3 is 4.52 Å². The van der Waals surface area contributed by atoms with E-state index < -0.39 is 14.3 Å². The lowest BCUT2D eigenvalue weighted by Gasteiger charge is -2.07. The summed E-state index contributed by atoms with van der Waals surface area (Å²) < 4.78 is 26.3. The molecule has 0 radical (unpaired) electrons. The Morgan fingerprint density at radius 3 is 2.00 bits per heavy atom. The second-order valence-corrected chi connectivity index (χ2v) is 9.36.